The second-order valence-electron chi connectivity index (χ2n) is 5.35. The molecule has 1 fully saturated rings. The highest BCUT2D eigenvalue weighted by Crippen LogP contribution is 2.38. The van der Waals surface area contributed by atoms with Crippen molar-refractivity contribution in [3.05, 3.63) is 34.9 Å². The third-order valence-electron chi connectivity index (χ3n) is 4.01. The van der Waals surface area contributed by atoms with E-state index >= 15 is 0 Å². The van der Waals surface area contributed by atoms with E-state index in [2.05, 4.69) is 34.1 Å². The number of aryl methyl sites for hydroxylation is 3. The second-order valence-corrected chi connectivity index (χ2v) is 6.52. The average molecular weight is 279 g/mol. The number of alkyl halides is 1. The zero-order valence-corrected chi connectivity index (χ0v) is 11.3. The molecule has 0 nitrogen and oxygen atoms in total. The van der Waals surface area contributed by atoms with Gasteiger partial charge in [0.25, 0.3) is 0 Å². The van der Waals surface area contributed by atoms with E-state index in [4.69, 9.17) is 0 Å². The summed E-state index contributed by atoms with van der Waals surface area (Å²) in [6.07, 6.45) is 9.42. The largest absolute Gasteiger partial charge is 0.0888 e. The van der Waals surface area contributed by atoms with Crippen molar-refractivity contribution in [1.82, 2.24) is 0 Å². The molecule has 0 spiro atoms. The van der Waals surface area contributed by atoms with Gasteiger partial charge in [-0.1, -0.05) is 34.1 Å². The van der Waals surface area contributed by atoms with Gasteiger partial charge in [-0.2, -0.15) is 0 Å². The summed E-state index contributed by atoms with van der Waals surface area (Å²) in [6, 6.07) is 7.16. The van der Waals surface area contributed by atoms with E-state index in [-0.39, 0.29) is 0 Å². The summed E-state index contributed by atoms with van der Waals surface area (Å²) < 4.78 is 0. The van der Waals surface area contributed by atoms with Gasteiger partial charge in [0.1, 0.15) is 0 Å². The van der Waals surface area contributed by atoms with Crippen molar-refractivity contribution in [1.29, 1.82) is 0 Å². The lowest BCUT2D eigenvalue weighted by atomic mass is 10.0. The zero-order valence-electron chi connectivity index (χ0n) is 9.71. The lowest BCUT2D eigenvalue weighted by Gasteiger charge is -2.09. The van der Waals surface area contributed by atoms with Gasteiger partial charge in [0, 0.05) is 4.83 Å². The highest BCUT2D eigenvalue weighted by atomic mass is 79.9. The Morgan fingerprint density at radius 2 is 2.00 bits per heavy atom. The molecule has 1 saturated carbocycles. The van der Waals surface area contributed by atoms with Crippen molar-refractivity contribution in [2.24, 2.45) is 5.92 Å². The minimum atomic E-state index is 0.765. The predicted molar refractivity (Wildman–Crippen MR) is 72.2 cm³/mol. The van der Waals surface area contributed by atoms with Crippen LogP contribution in [0.1, 0.15) is 42.4 Å². The minimum absolute atomic E-state index is 0.765. The summed E-state index contributed by atoms with van der Waals surface area (Å²) in [5.41, 5.74) is 4.77. The minimum Gasteiger partial charge on any atom is -0.0888 e. The van der Waals surface area contributed by atoms with Crippen LogP contribution in [0.25, 0.3) is 0 Å². The first-order valence-electron chi connectivity index (χ1n) is 6.57. The van der Waals surface area contributed by atoms with Crippen molar-refractivity contribution < 1.29 is 0 Å². The number of benzene rings is 1. The van der Waals surface area contributed by atoms with E-state index in [1.54, 1.807) is 16.7 Å². The van der Waals surface area contributed by atoms with Crippen molar-refractivity contribution >= 4 is 15.9 Å². The maximum atomic E-state index is 3.82. The maximum absolute atomic E-state index is 3.82. The highest BCUT2D eigenvalue weighted by molar-refractivity contribution is 9.09. The van der Waals surface area contributed by atoms with E-state index in [1.165, 1.54) is 44.9 Å². The standard InChI is InChI=1S/C15H19Br/c16-15(13-7-8-13)9-5-11-4-6-12-2-1-3-14(12)10-11/h4,6,10,13,15H,1-3,5,7-9H2. The maximum Gasteiger partial charge on any atom is 0.0177 e. The number of hydrogen-bond acceptors (Lipinski definition) is 0. The summed E-state index contributed by atoms with van der Waals surface area (Å²) >= 11 is 3.82. The zero-order chi connectivity index (χ0) is 11.0. The smallest absolute Gasteiger partial charge is 0.0177 e. The van der Waals surface area contributed by atoms with Crippen LogP contribution in [0, 0.1) is 5.92 Å². The molecular formula is C15H19Br. The van der Waals surface area contributed by atoms with Crippen LogP contribution in [0.3, 0.4) is 0 Å². The van der Waals surface area contributed by atoms with Crippen molar-refractivity contribution in [3.8, 4) is 0 Å². The van der Waals surface area contributed by atoms with Gasteiger partial charge in [-0.3, -0.25) is 0 Å². The SMILES string of the molecule is BrC(CCc1ccc2c(c1)CCC2)C1CC1. The fourth-order valence-electron chi connectivity index (χ4n) is 2.78. The topological polar surface area (TPSA) is 0 Å². The second kappa shape index (κ2) is 4.52. The van der Waals surface area contributed by atoms with E-state index in [0.29, 0.717) is 0 Å². The normalized spacial score (nSPS) is 20.8. The van der Waals surface area contributed by atoms with Gasteiger partial charge in [-0.15, -0.1) is 0 Å². The third-order valence-corrected chi connectivity index (χ3v) is 5.21. The van der Waals surface area contributed by atoms with Crippen LogP contribution < -0.4 is 0 Å². The van der Waals surface area contributed by atoms with Crippen LogP contribution in [-0.2, 0) is 19.3 Å². The Kier molecular flexibility index (Phi) is 3.06. The van der Waals surface area contributed by atoms with Gasteiger partial charge < -0.3 is 0 Å². The molecule has 0 amide bonds. The molecule has 1 unspecified atom stereocenters. The molecule has 0 aliphatic heterocycles. The lowest BCUT2D eigenvalue weighted by molar-refractivity contribution is 0.696. The molecule has 1 aromatic rings. The molecule has 16 heavy (non-hydrogen) atoms. The third kappa shape index (κ3) is 2.34. The number of halogens is 1. The molecule has 1 aromatic carbocycles. The van der Waals surface area contributed by atoms with E-state index < -0.39 is 0 Å². The Morgan fingerprint density at radius 3 is 2.81 bits per heavy atom. The quantitative estimate of drug-likeness (QED) is 0.722. The number of hydrogen-bond donors (Lipinski definition) is 0. The van der Waals surface area contributed by atoms with Crippen LogP contribution in [-0.4, -0.2) is 4.83 Å². The summed E-state index contributed by atoms with van der Waals surface area (Å²) in [7, 11) is 0. The molecule has 0 saturated heterocycles. The molecule has 2 aliphatic carbocycles. The molecule has 1 atom stereocenters. The Balaban J connectivity index is 1.61. The molecule has 0 N–H and O–H groups in total. The molecule has 0 aromatic heterocycles. The van der Waals surface area contributed by atoms with E-state index in [0.717, 1.165) is 10.7 Å². The van der Waals surface area contributed by atoms with Crippen LogP contribution in [0.15, 0.2) is 18.2 Å². The molecule has 86 valence electrons. The highest BCUT2D eigenvalue weighted by Gasteiger charge is 2.28. The molecular weight excluding hydrogens is 260 g/mol. The first-order valence-corrected chi connectivity index (χ1v) is 7.49. The lowest BCUT2D eigenvalue weighted by Crippen LogP contribution is -2.02. The van der Waals surface area contributed by atoms with E-state index in [1.807, 2.05) is 0 Å². The fourth-order valence-corrected chi connectivity index (χ4v) is 3.54. The van der Waals surface area contributed by atoms with Gasteiger partial charge in [0.2, 0.25) is 0 Å². The van der Waals surface area contributed by atoms with Gasteiger partial charge in [-0.25, -0.2) is 0 Å². The monoisotopic (exact) mass is 278 g/mol. The molecule has 3 rings (SSSR count). The van der Waals surface area contributed by atoms with Crippen LogP contribution in [0.4, 0.5) is 0 Å². The van der Waals surface area contributed by atoms with Crippen LogP contribution in [0.2, 0.25) is 0 Å². The summed E-state index contributed by atoms with van der Waals surface area (Å²) in [6.45, 7) is 0. The Labute approximate surface area is 107 Å². The molecule has 2 aliphatic rings. The van der Waals surface area contributed by atoms with Gasteiger partial charge in [0.05, 0.1) is 0 Å². The Morgan fingerprint density at radius 1 is 1.19 bits per heavy atom. The van der Waals surface area contributed by atoms with Crippen LogP contribution >= 0.6 is 15.9 Å². The molecule has 0 bridgehead atoms. The summed E-state index contributed by atoms with van der Waals surface area (Å²) in [5, 5.41) is 0. The number of rotatable bonds is 4. The predicted octanol–water partition coefficient (Wildman–Crippen LogP) is 4.28. The Bertz CT molecular complexity index is 379. The van der Waals surface area contributed by atoms with Gasteiger partial charge in [-0.05, 0) is 67.6 Å². The fraction of sp³-hybridized carbons (Fsp3) is 0.600. The van der Waals surface area contributed by atoms with Crippen LogP contribution in [0.5, 0.6) is 0 Å². The first kappa shape index (κ1) is 10.8. The molecule has 0 heterocycles. The van der Waals surface area contributed by atoms with Crippen molar-refractivity contribution in [2.45, 2.75) is 49.8 Å². The van der Waals surface area contributed by atoms with Gasteiger partial charge >= 0.3 is 0 Å². The summed E-state index contributed by atoms with van der Waals surface area (Å²) in [4.78, 5) is 0.765. The average Bonchev–Trinajstić information content (AvgIpc) is 3.04. The van der Waals surface area contributed by atoms with Gasteiger partial charge in [0.15, 0.2) is 0 Å². The summed E-state index contributed by atoms with van der Waals surface area (Å²) in [5.74, 6) is 0.981. The number of fused-ring (bicyclic) bond motifs is 1. The molecule has 1 heteroatoms. The van der Waals surface area contributed by atoms with E-state index in [9.17, 15) is 0 Å². The Hall–Kier alpha value is -0.300. The molecule has 0 radical (unpaired) electrons. The van der Waals surface area contributed by atoms with Crippen molar-refractivity contribution in [3.63, 3.8) is 0 Å². The first-order chi connectivity index (χ1) is 7.83. The van der Waals surface area contributed by atoms with Crippen molar-refractivity contribution in [2.75, 3.05) is 0 Å².